The predicted octanol–water partition coefficient (Wildman–Crippen LogP) is 3.35. The molecule has 3 fully saturated rings. The molecule has 5 heteroatoms. The van der Waals surface area contributed by atoms with Gasteiger partial charge in [0.05, 0.1) is 5.69 Å². The summed E-state index contributed by atoms with van der Waals surface area (Å²) in [6.45, 7) is 5.03. The maximum Gasteiger partial charge on any atom is 0.126 e. The smallest absolute Gasteiger partial charge is 0.126 e. The number of hydrogen-bond acceptors (Lipinski definition) is 4. The van der Waals surface area contributed by atoms with E-state index in [-0.39, 0.29) is 0 Å². The molecule has 0 aliphatic carbocycles. The number of rotatable bonds is 3. The summed E-state index contributed by atoms with van der Waals surface area (Å²) in [7, 11) is 0. The average molecular weight is 387 g/mol. The van der Waals surface area contributed by atoms with Crippen molar-refractivity contribution in [3.63, 3.8) is 0 Å². The lowest BCUT2D eigenvalue weighted by atomic mass is 9.74. The molecule has 0 spiro atoms. The number of piperidine rings is 3. The van der Waals surface area contributed by atoms with E-state index in [2.05, 4.69) is 50.1 Å². The van der Waals surface area contributed by atoms with Crippen LogP contribution in [0.1, 0.15) is 30.3 Å². The lowest BCUT2D eigenvalue weighted by molar-refractivity contribution is 0.0333. The molecule has 3 aliphatic heterocycles. The summed E-state index contributed by atoms with van der Waals surface area (Å²) in [6, 6.07) is 11.0. The molecule has 2 bridgehead atoms. The van der Waals surface area contributed by atoms with Gasteiger partial charge in [0.2, 0.25) is 0 Å². The highest BCUT2D eigenvalue weighted by Crippen LogP contribution is 2.41. The molecule has 3 aliphatic rings. The summed E-state index contributed by atoms with van der Waals surface area (Å²) < 4.78 is 1.08. The van der Waals surface area contributed by atoms with E-state index in [1.807, 2.05) is 13.0 Å². The van der Waals surface area contributed by atoms with E-state index in [9.17, 15) is 0 Å². The molecule has 4 heterocycles. The van der Waals surface area contributed by atoms with Crippen LogP contribution in [-0.4, -0.2) is 40.5 Å². The average Bonchev–Trinajstić information content (AvgIpc) is 2.61. The van der Waals surface area contributed by atoms with Crippen molar-refractivity contribution in [2.75, 3.05) is 19.6 Å². The van der Waals surface area contributed by atoms with Crippen LogP contribution in [0.4, 0.5) is 0 Å². The number of nitrogens with two attached hydrogens (primary N) is 1. The van der Waals surface area contributed by atoms with Crippen LogP contribution in [-0.2, 0) is 0 Å². The van der Waals surface area contributed by atoms with Crippen LogP contribution in [0, 0.1) is 12.8 Å². The Labute approximate surface area is 151 Å². The fourth-order valence-corrected chi connectivity index (χ4v) is 4.79. The number of hydrogen-bond donors (Lipinski definition) is 1. The summed E-state index contributed by atoms with van der Waals surface area (Å²) >= 11 is 3.65. The van der Waals surface area contributed by atoms with Crippen LogP contribution in [0.2, 0.25) is 0 Å². The van der Waals surface area contributed by atoms with Gasteiger partial charge in [-0.15, -0.1) is 0 Å². The summed E-state index contributed by atoms with van der Waals surface area (Å²) in [6.07, 6.45) is 2.46. The van der Waals surface area contributed by atoms with Crippen molar-refractivity contribution >= 4 is 15.9 Å². The Morgan fingerprint density at radius 3 is 2.83 bits per heavy atom. The van der Waals surface area contributed by atoms with Gasteiger partial charge in [-0.1, -0.05) is 34.1 Å². The maximum absolute atomic E-state index is 5.94. The quantitative estimate of drug-likeness (QED) is 0.878. The third kappa shape index (κ3) is 2.89. The SMILES string of the molecule is Cc1nc(-c2ccccc2Br)cc(C2CN3CCC2CC3CN)n1. The molecule has 5 rings (SSSR count). The van der Waals surface area contributed by atoms with Crippen molar-refractivity contribution in [2.24, 2.45) is 11.7 Å². The highest BCUT2D eigenvalue weighted by Gasteiger charge is 2.40. The second kappa shape index (κ2) is 6.54. The van der Waals surface area contributed by atoms with Gasteiger partial charge >= 0.3 is 0 Å². The number of aryl methyl sites for hydroxylation is 1. The normalized spacial score (nSPS) is 29.0. The number of halogens is 1. The van der Waals surface area contributed by atoms with Gasteiger partial charge < -0.3 is 5.73 Å². The topological polar surface area (TPSA) is 55.0 Å². The van der Waals surface area contributed by atoms with Gasteiger partial charge in [-0.25, -0.2) is 9.97 Å². The predicted molar refractivity (Wildman–Crippen MR) is 99.8 cm³/mol. The molecule has 24 heavy (non-hydrogen) atoms. The van der Waals surface area contributed by atoms with Gasteiger partial charge in [-0.2, -0.15) is 0 Å². The molecule has 126 valence electrons. The molecule has 3 saturated heterocycles. The van der Waals surface area contributed by atoms with Crippen LogP contribution >= 0.6 is 15.9 Å². The van der Waals surface area contributed by atoms with Crippen molar-refractivity contribution in [1.82, 2.24) is 14.9 Å². The van der Waals surface area contributed by atoms with E-state index in [0.717, 1.165) is 34.6 Å². The first kappa shape index (κ1) is 16.2. The van der Waals surface area contributed by atoms with Gasteiger partial charge in [0.25, 0.3) is 0 Å². The van der Waals surface area contributed by atoms with Crippen LogP contribution in [0.5, 0.6) is 0 Å². The molecule has 1 aromatic carbocycles. The third-order valence-corrected chi connectivity index (χ3v) is 6.23. The van der Waals surface area contributed by atoms with Gasteiger partial charge in [-0.3, -0.25) is 4.90 Å². The number of fused-ring (bicyclic) bond motifs is 3. The Morgan fingerprint density at radius 2 is 2.12 bits per heavy atom. The molecule has 2 aromatic rings. The monoisotopic (exact) mass is 386 g/mol. The van der Waals surface area contributed by atoms with Gasteiger partial charge in [0, 0.05) is 40.8 Å². The molecule has 1 aromatic heterocycles. The van der Waals surface area contributed by atoms with Crippen LogP contribution < -0.4 is 5.73 Å². The van der Waals surface area contributed by atoms with E-state index in [1.165, 1.54) is 25.1 Å². The van der Waals surface area contributed by atoms with Crippen molar-refractivity contribution in [3.8, 4) is 11.3 Å². The Bertz CT molecular complexity index is 748. The molecule has 4 unspecified atom stereocenters. The van der Waals surface area contributed by atoms with E-state index in [1.54, 1.807) is 0 Å². The van der Waals surface area contributed by atoms with Crippen LogP contribution in [0.3, 0.4) is 0 Å². The minimum Gasteiger partial charge on any atom is -0.329 e. The van der Waals surface area contributed by atoms with Crippen LogP contribution in [0.25, 0.3) is 11.3 Å². The largest absolute Gasteiger partial charge is 0.329 e. The second-order valence-corrected chi connectivity index (χ2v) is 7.83. The Kier molecular flexibility index (Phi) is 4.41. The Hall–Kier alpha value is -1.30. The molecule has 0 radical (unpaired) electrons. The van der Waals surface area contributed by atoms with Gasteiger partial charge in [0.15, 0.2) is 0 Å². The van der Waals surface area contributed by atoms with Crippen LogP contribution in [0.15, 0.2) is 34.8 Å². The highest BCUT2D eigenvalue weighted by atomic mass is 79.9. The summed E-state index contributed by atoms with van der Waals surface area (Å²) in [5.41, 5.74) is 9.28. The second-order valence-electron chi connectivity index (χ2n) is 6.98. The van der Waals surface area contributed by atoms with Crippen molar-refractivity contribution in [3.05, 3.63) is 46.3 Å². The summed E-state index contributed by atoms with van der Waals surface area (Å²) in [4.78, 5) is 12.0. The van der Waals surface area contributed by atoms with E-state index < -0.39 is 0 Å². The first-order chi connectivity index (χ1) is 11.7. The van der Waals surface area contributed by atoms with E-state index in [4.69, 9.17) is 10.7 Å². The van der Waals surface area contributed by atoms with Crippen molar-refractivity contribution in [1.29, 1.82) is 0 Å². The highest BCUT2D eigenvalue weighted by molar-refractivity contribution is 9.10. The number of benzene rings is 1. The van der Waals surface area contributed by atoms with Gasteiger partial charge in [-0.05, 0) is 44.4 Å². The zero-order valence-corrected chi connectivity index (χ0v) is 15.5. The zero-order chi connectivity index (χ0) is 16.7. The Balaban J connectivity index is 1.69. The molecule has 2 N–H and O–H groups in total. The molecular formula is C19H23BrN4. The lowest BCUT2D eigenvalue weighted by Gasteiger charge is -2.49. The summed E-state index contributed by atoms with van der Waals surface area (Å²) in [5.74, 6) is 2.06. The fraction of sp³-hybridized carbons (Fsp3) is 0.474. The third-order valence-electron chi connectivity index (χ3n) is 5.54. The zero-order valence-electron chi connectivity index (χ0n) is 14.0. The molecule has 4 nitrogen and oxygen atoms in total. The minimum absolute atomic E-state index is 0.504. The lowest BCUT2D eigenvalue weighted by Crippen LogP contribution is -2.55. The molecule has 4 atom stereocenters. The van der Waals surface area contributed by atoms with E-state index >= 15 is 0 Å². The molecular weight excluding hydrogens is 364 g/mol. The number of aromatic nitrogens is 2. The molecule has 0 amide bonds. The standard InChI is InChI=1S/C19H23BrN4/c1-12-22-18(15-4-2-3-5-17(15)20)9-19(23-12)16-11-24-7-6-13(16)8-14(24)10-21/h2-5,9,13-14,16H,6-8,10-11,21H2,1H3. The van der Waals surface area contributed by atoms with Crippen molar-refractivity contribution < 1.29 is 0 Å². The minimum atomic E-state index is 0.504. The van der Waals surface area contributed by atoms with Crippen molar-refractivity contribution in [2.45, 2.75) is 31.7 Å². The first-order valence-electron chi connectivity index (χ1n) is 8.70. The maximum atomic E-state index is 5.94. The molecule has 0 saturated carbocycles. The first-order valence-corrected chi connectivity index (χ1v) is 9.49. The Morgan fingerprint density at radius 1 is 1.29 bits per heavy atom. The fourth-order valence-electron chi connectivity index (χ4n) is 4.31. The van der Waals surface area contributed by atoms with E-state index in [0.29, 0.717) is 17.9 Å². The number of nitrogens with zero attached hydrogens (tertiary/aromatic N) is 3. The van der Waals surface area contributed by atoms with Gasteiger partial charge in [0.1, 0.15) is 5.82 Å². The summed E-state index contributed by atoms with van der Waals surface area (Å²) in [5, 5.41) is 0.